The highest BCUT2D eigenvalue weighted by atomic mass is 35.5. The normalized spacial score (nSPS) is 10.3. The molecule has 0 radical (unpaired) electrons. The first-order valence-corrected chi connectivity index (χ1v) is 7.03. The van der Waals surface area contributed by atoms with Gasteiger partial charge in [-0.25, -0.2) is 4.98 Å². The van der Waals surface area contributed by atoms with Gasteiger partial charge in [0.2, 0.25) is 0 Å². The van der Waals surface area contributed by atoms with Crippen LogP contribution in [0, 0.1) is 0 Å². The van der Waals surface area contributed by atoms with Crippen LogP contribution in [0.2, 0.25) is 15.2 Å². The third kappa shape index (κ3) is 4.10. The van der Waals surface area contributed by atoms with E-state index in [1.807, 2.05) is 24.3 Å². The van der Waals surface area contributed by atoms with E-state index in [4.69, 9.17) is 34.8 Å². The standard InChI is InChI=1S/C14H11Cl3N2O/c15-11-3-1-9(2-4-11)5-6-18-14(20)10-7-12(16)13(17)19-8-10/h1-4,7-8H,5-6H2,(H,18,20). The Morgan fingerprint density at radius 1 is 1.15 bits per heavy atom. The van der Waals surface area contributed by atoms with Gasteiger partial charge in [0, 0.05) is 17.8 Å². The highest BCUT2D eigenvalue weighted by molar-refractivity contribution is 6.41. The molecule has 3 nitrogen and oxygen atoms in total. The molecule has 2 rings (SSSR count). The summed E-state index contributed by atoms with van der Waals surface area (Å²) in [5.74, 6) is -0.231. The lowest BCUT2D eigenvalue weighted by atomic mass is 10.1. The average Bonchev–Trinajstić information content (AvgIpc) is 2.44. The molecule has 1 N–H and O–H groups in total. The van der Waals surface area contributed by atoms with Crippen molar-refractivity contribution in [3.8, 4) is 0 Å². The van der Waals surface area contributed by atoms with Gasteiger partial charge in [0.15, 0.2) is 0 Å². The van der Waals surface area contributed by atoms with E-state index in [0.717, 1.165) is 12.0 Å². The number of aromatic nitrogens is 1. The molecule has 0 fully saturated rings. The van der Waals surface area contributed by atoms with Crippen LogP contribution in [0.5, 0.6) is 0 Å². The quantitative estimate of drug-likeness (QED) is 0.861. The molecule has 1 amide bonds. The highest BCUT2D eigenvalue weighted by Gasteiger charge is 2.08. The smallest absolute Gasteiger partial charge is 0.252 e. The predicted molar refractivity (Wildman–Crippen MR) is 81.7 cm³/mol. The van der Waals surface area contributed by atoms with E-state index >= 15 is 0 Å². The lowest BCUT2D eigenvalue weighted by Crippen LogP contribution is -2.25. The monoisotopic (exact) mass is 328 g/mol. The van der Waals surface area contributed by atoms with Gasteiger partial charge in [0.1, 0.15) is 5.15 Å². The summed E-state index contributed by atoms with van der Waals surface area (Å²) in [7, 11) is 0. The summed E-state index contributed by atoms with van der Waals surface area (Å²) in [5, 5.41) is 3.93. The van der Waals surface area contributed by atoms with E-state index in [9.17, 15) is 4.79 Å². The third-order valence-corrected chi connectivity index (χ3v) is 3.61. The first-order valence-electron chi connectivity index (χ1n) is 5.90. The van der Waals surface area contributed by atoms with Crippen molar-refractivity contribution in [2.24, 2.45) is 0 Å². The second-order valence-corrected chi connectivity index (χ2v) is 5.33. The molecule has 0 spiro atoms. The highest BCUT2D eigenvalue weighted by Crippen LogP contribution is 2.19. The molecule has 1 aromatic heterocycles. The Hall–Kier alpha value is -1.29. The molecule has 0 saturated heterocycles. The summed E-state index contributed by atoms with van der Waals surface area (Å²) < 4.78 is 0. The second kappa shape index (κ2) is 6.93. The fourth-order valence-corrected chi connectivity index (χ4v) is 2.01. The van der Waals surface area contributed by atoms with Crippen LogP contribution in [0.15, 0.2) is 36.5 Å². The van der Waals surface area contributed by atoms with Crippen LogP contribution in [0.3, 0.4) is 0 Å². The number of hydrogen-bond donors (Lipinski definition) is 1. The Kier molecular flexibility index (Phi) is 5.24. The fraction of sp³-hybridized carbons (Fsp3) is 0.143. The van der Waals surface area contributed by atoms with Gasteiger partial charge < -0.3 is 5.32 Å². The van der Waals surface area contributed by atoms with Crippen LogP contribution in [-0.2, 0) is 6.42 Å². The Morgan fingerprint density at radius 2 is 1.85 bits per heavy atom. The molecular weight excluding hydrogens is 319 g/mol. The molecule has 0 aliphatic carbocycles. The third-order valence-electron chi connectivity index (χ3n) is 2.67. The summed E-state index contributed by atoms with van der Waals surface area (Å²) in [4.78, 5) is 15.7. The van der Waals surface area contributed by atoms with E-state index in [1.54, 1.807) is 0 Å². The zero-order valence-corrected chi connectivity index (χ0v) is 12.6. The zero-order valence-electron chi connectivity index (χ0n) is 10.4. The molecule has 0 unspecified atom stereocenters. The van der Waals surface area contributed by atoms with Gasteiger partial charge in [-0.15, -0.1) is 0 Å². The first kappa shape index (κ1) is 15.1. The fourth-order valence-electron chi connectivity index (χ4n) is 1.62. The molecular formula is C14H11Cl3N2O. The number of carbonyl (C=O) groups is 1. The summed E-state index contributed by atoms with van der Waals surface area (Å²) in [6, 6.07) is 8.99. The van der Waals surface area contributed by atoms with Gasteiger partial charge in [-0.2, -0.15) is 0 Å². The average molecular weight is 330 g/mol. The van der Waals surface area contributed by atoms with Crippen LogP contribution in [0.25, 0.3) is 0 Å². The minimum Gasteiger partial charge on any atom is -0.352 e. The number of nitrogens with one attached hydrogen (secondary N) is 1. The van der Waals surface area contributed by atoms with Crippen molar-refractivity contribution in [1.82, 2.24) is 10.3 Å². The molecule has 0 aliphatic rings. The number of halogens is 3. The Labute approximate surface area is 131 Å². The number of pyridine rings is 1. The van der Waals surface area contributed by atoms with Crippen molar-refractivity contribution >= 4 is 40.7 Å². The van der Waals surface area contributed by atoms with Crippen molar-refractivity contribution in [2.75, 3.05) is 6.54 Å². The maximum atomic E-state index is 11.9. The summed E-state index contributed by atoms with van der Waals surface area (Å²) >= 11 is 17.3. The first-order chi connectivity index (χ1) is 9.56. The number of nitrogens with zero attached hydrogens (tertiary/aromatic N) is 1. The SMILES string of the molecule is O=C(NCCc1ccc(Cl)cc1)c1cnc(Cl)c(Cl)c1. The largest absolute Gasteiger partial charge is 0.352 e. The van der Waals surface area contributed by atoms with E-state index in [-0.39, 0.29) is 16.1 Å². The Balaban J connectivity index is 1.88. The minimum atomic E-state index is -0.231. The van der Waals surface area contributed by atoms with Gasteiger partial charge in [0.05, 0.1) is 10.6 Å². The topological polar surface area (TPSA) is 42.0 Å². The summed E-state index contributed by atoms with van der Waals surface area (Å²) in [6.07, 6.45) is 2.11. The minimum absolute atomic E-state index is 0.185. The van der Waals surface area contributed by atoms with Crippen LogP contribution < -0.4 is 5.32 Å². The molecule has 0 bridgehead atoms. The number of rotatable bonds is 4. The molecule has 0 atom stereocenters. The molecule has 2 aromatic rings. The van der Waals surface area contributed by atoms with Crippen LogP contribution in [0.4, 0.5) is 0 Å². The van der Waals surface area contributed by atoms with Gasteiger partial charge in [0.25, 0.3) is 5.91 Å². The maximum absolute atomic E-state index is 11.9. The Bertz CT molecular complexity index is 614. The van der Waals surface area contributed by atoms with Gasteiger partial charge in [-0.05, 0) is 30.2 Å². The molecule has 20 heavy (non-hydrogen) atoms. The lowest BCUT2D eigenvalue weighted by molar-refractivity contribution is 0.0954. The molecule has 1 heterocycles. The van der Waals surface area contributed by atoms with Crippen molar-refractivity contribution < 1.29 is 4.79 Å². The van der Waals surface area contributed by atoms with Crippen LogP contribution >= 0.6 is 34.8 Å². The van der Waals surface area contributed by atoms with E-state index in [1.165, 1.54) is 12.3 Å². The van der Waals surface area contributed by atoms with Crippen molar-refractivity contribution in [1.29, 1.82) is 0 Å². The van der Waals surface area contributed by atoms with Gasteiger partial charge in [-0.3, -0.25) is 4.79 Å². The molecule has 0 aliphatic heterocycles. The second-order valence-electron chi connectivity index (χ2n) is 4.13. The van der Waals surface area contributed by atoms with E-state index in [0.29, 0.717) is 17.1 Å². The van der Waals surface area contributed by atoms with Crippen molar-refractivity contribution in [2.45, 2.75) is 6.42 Å². The zero-order chi connectivity index (χ0) is 14.5. The molecule has 6 heteroatoms. The van der Waals surface area contributed by atoms with Crippen molar-refractivity contribution in [3.63, 3.8) is 0 Å². The van der Waals surface area contributed by atoms with Crippen molar-refractivity contribution in [3.05, 3.63) is 62.9 Å². The van der Waals surface area contributed by atoms with E-state index < -0.39 is 0 Å². The van der Waals surface area contributed by atoms with Gasteiger partial charge >= 0.3 is 0 Å². The lowest BCUT2D eigenvalue weighted by Gasteiger charge is -2.06. The molecule has 104 valence electrons. The maximum Gasteiger partial charge on any atom is 0.252 e. The number of amides is 1. The number of carbonyl (C=O) groups excluding carboxylic acids is 1. The Morgan fingerprint density at radius 3 is 2.50 bits per heavy atom. The number of benzene rings is 1. The van der Waals surface area contributed by atoms with Crippen LogP contribution in [0.1, 0.15) is 15.9 Å². The predicted octanol–water partition coefficient (Wildman–Crippen LogP) is 4.01. The summed E-state index contributed by atoms with van der Waals surface area (Å²) in [5.41, 5.74) is 1.48. The summed E-state index contributed by atoms with van der Waals surface area (Å²) in [6.45, 7) is 0.515. The van der Waals surface area contributed by atoms with Gasteiger partial charge in [-0.1, -0.05) is 46.9 Å². The molecule has 0 saturated carbocycles. The number of hydrogen-bond acceptors (Lipinski definition) is 2. The molecule has 1 aromatic carbocycles. The van der Waals surface area contributed by atoms with E-state index in [2.05, 4.69) is 10.3 Å². The van der Waals surface area contributed by atoms with Crippen LogP contribution in [-0.4, -0.2) is 17.4 Å².